The van der Waals surface area contributed by atoms with E-state index in [0.29, 0.717) is 0 Å². The molecule has 0 spiro atoms. The van der Waals surface area contributed by atoms with Gasteiger partial charge in [-0.15, -0.1) is 5.43 Å². The van der Waals surface area contributed by atoms with Crippen molar-refractivity contribution in [1.29, 1.82) is 0 Å². The number of para-hydroxylation sites is 1. The van der Waals surface area contributed by atoms with E-state index in [4.69, 9.17) is 0 Å². The number of aryl methyl sites for hydroxylation is 2. The molecule has 0 saturated carbocycles. The lowest BCUT2D eigenvalue weighted by atomic mass is 10.3. The largest absolute Gasteiger partial charge is 1.00 e. The van der Waals surface area contributed by atoms with Crippen molar-refractivity contribution in [1.82, 2.24) is 4.57 Å². The van der Waals surface area contributed by atoms with E-state index in [2.05, 4.69) is 27.2 Å². The first-order chi connectivity index (χ1) is 9.25. The van der Waals surface area contributed by atoms with E-state index < -0.39 is 0 Å². The van der Waals surface area contributed by atoms with Crippen LogP contribution in [0.25, 0.3) is 10.2 Å². The van der Waals surface area contributed by atoms with Crippen molar-refractivity contribution in [2.75, 3.05) is 5.43 Å². The molecule has 6 heteroatoms. The van der Waals surface area contributed by atoms with Crippen molar-refractivity contribution >= 4 is 27.4 Å². The van der Waals surface area contributed by atoms with Crippen LogP contribution in [-0.2, 0) is 14.1 Å². The van der Waals surface area contributed by atoms with Gasteiger partial charge >= 0.3 is 0 Å². The Morgan fingerprint density at radius 1 is 1.15 bits per heavy atom. The highest BCUT2D eigenvalue weighted by Crippen LogP contribution is 2.15. The third-order valence-corrected chi connectivity index (χ3v) is 4.15. The summed E-state index contributed by atoms with van der Waals surface area (Å²) in [7, 11) is 4.02. The number of benzene rings is 1. The van der Waals surface area contributed by atoms with Crippen LogP contribution in [0.2, 0.25) is 0 Å². The summed E-state index contributed by atoms with van der Waals surface area (Å²) in [5.74, 6) is 0.958. The minimum absolute atomic E-state index is 0. The van der Waals surface area contributed by atoms with Crippen molar-refractivity contribution < 1.29 is 28.5 Å². The van der Waals surface area contributed by atoms with Crippen LogP contribution < -0.4 is 38.8 Å². The van der Waals surface area contributed by atoms with Gasteiger partial charge in [0.05, 0.1) is 23.5 Å². The number of pyridine rings is 1. The molecular weight excluding hydrogens is 383 g/mol. The Morgan fingerprint density at radius 3 is 2.65 bits per heavy atom. The van der Waals surface area contributed by atoms with Crippen molar-refractivity contribution in [3.05, 3.63) is 53.5 Å². The Kier molecular flexibility index (Phi) is 4.77. The van der Waals surface area contributed by atoms with Gasteiger partial charge in [0.15, 0.2) is 0 Å². The van der Waals surface area contributed by atoms with E-state index in [9.17, 15) is 0 Å². The smallest absolute Gasteiger partial charge is 0.299 e. The molecule has 0 bridgehead atoms. The standard InChI is InChI=1S/C14H14N4S.HI/c1-17-10-6-5-9-13(17)15-16-14-18(2)11-7-3-4-8-12(11)19-14;/h3-10H,1-2H3;1H. The second kappa shape index (κ2) is 6.36. The third-order valence-electron chi connectivity index (χ3n) is 3.04. The van der Waals surface area contributed by atoms with Crippen molar-refractivity contribution in [3.63, 3.8) is 0 Å². The number of hydrogen-bond acceptors (Lipinski definition) is 3. The number of fused-ring (bicyclic) bond motifs is 1. The molecule has 104 valence electrons. The number of hydrogen-bond donors (Lipinski definition) is 1. The molecule has 3 rings (SSSR count). The van der Waals surface area contributed by atoms with Crippen LogP contribution in [0, 0.1) is 0 Å². The first-order valence-electron chi connectivity index (χ1n) is 6.04. The molecule has 0 radical (unpaired) electrons. The first kappa shape index (κ1) is 15.0. The SMILES string of the molecule is Cn1c(=NNc2cccc[n+]2C)sc2ccccc21.[I-]. The Hall–Kier alpha value is -1.41. The molecule has 2 aromatic heterocycles. The fourth-order valence-electron chi connectivity index (χ4n) is 1.93. The van der Waals surface area contributed by atoms with Crippen LogP contribution in [0.1, 0.15) is 0 Å². The maximum atomic E-state index is 4.48. The lowest BCUT2D eigenvalue weighted by molar-refractivity contribution is -0.657. The average Bonchev–Trinajstić information content (AvgIpc) is 2.75. The van der Waals surface area contributed by atoms with Crippen LogP contribution in [0.4, 0.5) is 5.82 Å². The summed E-state index contributed by atoms with van der Waals surface area (Å²) in [5.41, 5.74) is 4.31. The number of thiazole rings is 1. The fourth-order valence-corrected chi connectivity index (χ4v) is 2.91. The van der Waals surface area contributed by atoms with Crippen molar-refractivity contribution in [3.8, 4) is 0 Å². The number of nitrogens with one attached hydrogen (secondary N) is 1. The Morgan fingerprint density at radius 2 is 1.90 bits per heavy atom. The van der Waals surface area contributed by atoms with E-state index >= 15 is 0 Å². The summed E-state index contributed by atoms with van der Waals surface area (Å²) in [4.78, 5) is 0.949. The lowest BCUT2D eigenvalue weighted by Crippen LogP contribution is -3.00. The fraction of sp³-hybridized carbons (Fsp3) is 0.143. The van der Waals surface area contributed by atoms with Gasteiger partial charge in [-0.1, -0.05) is 34.6 Å². The van der Waals surface area contributed by atoms with E-state index in [0.717, 1.165) is 10.6 Å². The van der Waals surface area contributed by atoms with Crippen molar-refractivity contribution in [2.24, 2.45) is 19.2 Å². The van der Waals surface area contributed by atoms with Gasteiger partial charge in [0.1, 0.15) is 0 Å². The Balaban J connectivity index is 0.00000147. The molecule has 0 unspecified atom stereocenters. The van der Waals surface area contributed by atoms with E-state index in [1.807, 2.05) is 55.2 Å². The Labute approximate surface area is 138 Å². The zero-order chi connectivity index (χ0) is 13.2. The molecule has 0 atom stereocenters. The van der Waals surface area contributed by atoms with Crippen LogP contribution in [0.3, 0.4) is 0 Å². The second-order valence-electron chi connectivity index (χ2n) is 4.33. The predicted octanol–water partition coefficient (Wildman–Crippen LogP) is -1.00. The van der Waals surface area contributed by atoms with Gasteiger partial charge in [-0.3, -0.25) is 0 Å². The molecule has 3 aromatic rings. The van der Waals surface area contributed by atoms with E-state index in [1.165, 1.54) is 10.2 Å². The summed E-state index contributed by atoms with van der Waals surface area (Å²) in [6, 6.07) is 14.3. The highest BCUT2D eigenvalue weighted by molar-refractivity contribution is 7.16. The van der Waals surface area contributed by atoms with E-state index in [-0.39, 0.29) is 24.0 Å². The van der Waals surface area contributed by atoms with Crippen LogP contribution in [0.5, 0.6) is 0 Å². The third kappa shape index (κ3) is 2.85. The normalized spacial score (nSPS) is 11.4. The van der Waals surface area contributed by atoms with E-state index in [1.54, 1.807) is 11.3 Å². The molecule has 0 fully saturated rings. The van der Waals surface area contributed by atoms with Gasteiger partial charge in [-0.05, 0) is 18.2 Å². The summed E-state index contributed by atoms with van der Waals surface area (Å²) in [5, 5.41) is 4.48. The molecule has 0 amide bonds. The number of anilines is 1. The molecule has 0 aliphatic heterocycles. The quantitative estimate of drug-likeness (QED) is 0.335. The second-order valence-corrected chi connectivity index (χ2v) is 5.34. The molecule has 20 heavy (non-hydrogen) atoms. The zero-order valence-corrected chi connectivity index (χ0v) is 14.2. The van der Waals surface area contributed by atoms with Gasteiger partial charge in [0.2, 0.25) is 4.80 Å². The highest BCUT2D eigenvalue weighted by atomic mass is 127. The minimum Gasteiger partial charge on any atom is -1.00 e. The average molecular weight is 398 g/mol. The summed E-state index contributed by atoms with van der Waals surface area (Å²) >= 11 is 1.67. The summed E-state index contributed by atoms with van der Waals surface area (Å²) < 4.78 is 5.33. The number of halogens is 1. The molecule has 1 aromatic carbocycles. The topological polar surface area (TPSA) is 33.2 Å². The van der Waals surface area contributed by atoms with Crippen LogP contribution >= 0.6 is 11.3 Å². The predicted molar refractivity (Wildman–Crippen MR) is 77.6 cm³/mol. The molecule has 0 aliphatic rings. The minimum atomic E-state index is 0. The number of aromatic nitrogens is 2. The molecule has 4 nitrogen and oxygen atoms in total. The zero-order valence-electron chi connectivity index (χ0n) is 11.2. The maximum Gasteiger partial charge on any atom is 0.299 e. The van der Waals surface area contributed by atoms with Gasteiger partial charge in [-0.25, -0.2) is 4.57 Å². The van der Waals surface area contributed by atoms with Crippen LogP contribution in [0.15, 0.2) is 53.8 Å². The number of rotatable bonds is 2. The molecule has 0 saturated heterocycles. The molecule has 0 aliphatic carbocycles. The first-order valence-corrected chi connectivity index (χ1v) is 6.86. The van der Waals surface area contributed by atoms with Gasteiger partial charge in [0, 0.05) is 13.1 Å². The van der Waals surface area contributed by atoms with Gasteiger partial charge < -0.3 is 28.5 Å². The van der Waals surface area contributed by atoms with Crippen molar-refractivity contribution in [2.45, 2.75) is 0 Å². The lowest BCUT2D eigenvalue weighted by Gasteiger charge is -1.96. The summed E-state index contributed by atoms with van der Waals surface area (Å²) in [6.45, 7) is 0. The molecule has 1 N–H and O–H groups in total. The van der Waals surface area contributed by atoms with Gasteiger partial charge in [-0.2, -0.15) is 0 Å². The molecular formula is C14H15IN4S. The van der Waals surface area contributed by atoms with Gasteiger partial charge in [0.25, 0.3) is 5.82 Å². The monoisotopic (exact) mass is 398 g/mol. The summed E-state index contributed by atoms with van der Waals surface area (Å²) in [6.07, 6.45) is 1.99. The Bertz CT molecular complexity index is 791. The highest BCUT2D eigenvalue weighted by Gasteiger charge is 2.04. The maximum absolute atomic E-state index is 4.48. The molecule has 2 heterocycles. The van der Waals surface area contributed by atoms with Crippen LogP contribution in [-0.4, -0.2) is 4.57 Å². The number of nitrogens with zero attached hydrogens (tertiary/aromatic N) is 3.